The van der Waals surface area contributed by atoms with Gasteiger partial charge in [0.1, 0.15) is 54.5 Å². The van der Waals surface area contributed by atoms with Crippen molar-refractivity contribution in [3.8, 4) is 23.0 Å². The van der Waals surface area contributed by atoms with E-state index in [1.54, 1.807) is 0 Å². The van der Waals surface area contributed by atoms with Crippen LogP contribution in [0.1, 0.15) is 20.7 Å². The summed E-state index contributed by atoms with van der Waals surface area (Å²) in [5.41, 5.74) is -2.93. The average Bonchev–Trinajstić information content (AvgIpc) is 3.35. The molecule has 0 aromatic heterocycles. The molecule has 36 heteroatoms. The van der Waals surface area contributed by atoms with Crippen molar-refractivity contribution in [3.05, 3.63) is 116 Å². The van der Waals surface area contributed by atoms with E-state index in [0.717, 1.165) is 43.5 Å². The van der Waals surface area contributed by atoms with Crippen LogP contribution in [0.15, 0.2) is 125 Å². The first-order valence-corrected chi connectivity index (χ1v) is 25.4. The van der Waals surface area contributed by atoms with Gasteiger partial charge in [0.15, 0.2) is 11.5 Å². The van der Waals surface area contributed by atoms with Gasteiger partial charge in [-0.25, -0.2) is 16.8 Å². The maximum Gasteiger partial charge on any atom is 1.00 e. The third-order valence-corrected chi connectivity index (χ3v) is 14.5. The van der Waals surface area contributed by atoms with Gasteiger partial charge in [-0.2, -0.15) is 8.67 Å². The number of anilines is 2. The number of nitrogens with one attached hydrogen (secondary N) is 2. The first kappa shape index (κ1) is 70.1. The molecule has 7 aromatic rings. The molecule has 0 unspecified atom stereocenters. The minimum Gasteiger partial charge on any atom is -0.744 e. The predicted octanol–water partition coefficient (Wildman–Crippen LogP) is -2.34. The predicted molar refractivity (Wildman–Crippen MR) is 260 cm³/mol. The third-order valence-electron chi connectivity index (χ3n) is 10.00. The van der Waals surface area contributed by atoms with Crippen LogP contribution in [0.2, 0.25) is 20.1 Å². The fourth-order valence-electron chi connectivity index (χ4n) is 6.83. The molecule has 0 fully saturated rings. The number of carbonyl (C=O) groups excluding carboxylic acids is 2. The van der Waals surface area contributed by atoms with Gasteiger partial charge in [0, 0.05) is 27.8 Å². The summed E-state index contributed by atoms with van der Waals surface area (Å²) in [5.74, 6) is -4.07. The van der Waals surface area contributed by atoms with Crippen molar-refractivity contribution in [2.75, 3.05) is 24.9 Å². The quantitative estimate of drug-likeness (QED) is 0.0175. The van der Waals surface area contributed by atoms with Crippen LogP contribution in [0.4, 0.5) is 34.1 Å². The summed E-state index contributed by atoms with van der Waals surface area (Å²) < 4.78 is 94.7. The number of ether oxygens (including phenoxy) is 2. The van der Waals surface area contributed by atoms with Crippen molar-refractivity contribution in [2.45, 2.75) is 19.6 Å². The topological polar surface area (TPSA) is 364 Å². The Labute approximate surface area is 557 Å². The van der Waals surface area contributed by atoms with Crippen LogP contribution in [0.25, 0.3) is 21.5 Å². The summed E-state index contributed by atoms with van der Waals surface area (Å²) in [7, 11) is -8.40. The number of aromatic hydroxyl groups is 2. The second-order valence-electron chi connectivity index (χ2n) is 14.3. The molecule has 7 rings (SSSR count). The van der Waals surface area contributed by atoms with Gasteiger partial charge in [0.2, 0.25) is 0 Å². The van der Waals surface area contributed by atoms with Gasteiger partial charge in [0.25, 0.3) is 11.8 Å². The Morgan fingerprint density at radius 3 is 1.53 bits per heavy atom. The fourth-order valence-corrected chi connectivity index (χ4v) is 9.72. The second-order valence-corrected chi connectivity index (χ2v) is 20.2. The van der Waals surface area contributed by atoms with Gasteiger partial charge in [-0.05, 0) is 71.4 Å². The number of benzene rings is 7. The number of phenolic OH excluding ortho intramolecular Hbond substituents is 2. The molecular weight excluding hydrogens is 1240 g/mol. The minimum absolute atomic E-state index is 0. The Bertz CT molecular complexity index is 3750. The zero-order valence-corrected chi connectivity index (χ0v) is 54.7. The first-order chi connectivity index (χ1) is 35.1. The number of azo groups is 2. The average molecular weight is 1260 g/mol. The molecule has 4 N–H and O–H groups in total. The Morgan fingerprint density at radius 2 is 1.05 bits per heavy atom. The SMILES string of the molecule is COc1cc(N=Nc2c(S(=O)(=O)[O-])cc3cc(SOO[O-])cc(NC(=O)c4cccc(Cl)c4Cl)c3c2O)c(OC)cc1N=Nc1c(SOO[O-])cc2cc(S(=O)(=O)[O-])cc(NC(=O)c3cccc(Cl)c3Cl)c2c1O.[Na+].[Na+].[Na+].[Na+]. The van der Waals surface area contributed by atoms with Crippen molar-refractivity contribution in [3.63, 3.8) is 0 Å². The van der Waals surface area contributed by atoms with Gasteiger partial charge in [-0.1, -0.05) is 58.5 Å². The van der Waals surface area contributed by atoms with Gasteiger partial charge in [-0.15, -0.1) is 20.5 Å². The van der Waals surface area contributed by atoms with E-state index >= 15 is 0 Å². The number of hydrogen-bond donors (Lipinski definition) is 4. The smallest absolute Gasteiger partial charge is 0.744 e. The molecule has 386 valence electrons. The third kappa shape index (κ3) is 16.1. The first-order valence-electron chi connectivity index (χ1n) is 19.6. The molecule has 0 saturated heterocycles. The normalized spacial score (nSPS) is 11.4. The summed E-state index contributed by atoms with van der Waals surface area (Å²) in [5, 5.41) is 71.7. The van der Waals surface area contributed by atoms with Crippen LogP contribution < -0.4 is 149 Å². The number of halogens is 4. The maximum absolute atomic E-state index is 13.5. The van der Waals surface area contributed by atoms with Gasteiger partial charge < -0.3 is 49.9 Å². The number of rotatable bonds is 18. The molecule has 0 aliphatic heterocycles. The second kappa shape index (κ2) is 30.4. The Hall–Kier alpha value is -2.16. The Kier molecular flexibility index (Phi) is 27.3. The van der Waals surface area contributed by atoms with E-state index < -0.39 is 70.4 Å². The van der Waals surface area contributed by atoms with E-state index in [-0.39, 0.29) is 221 Å². The molecule has 0 bridgehead atoms. The van der Waals surface area contributed by atoms with Crippen molar-refractivity contribution in [1.82, 2.24) is 0 Å². The number of methoxy groups -OCH3 is 2. The summed E-state index contributed by atoms with van der Waals surface area (Å²) in [6, 6.07) is 16.4. The monoisotopic (exact) mass is 1260 g/mol. The minimum atomic E-state index is -5.51. The van der Waals surface area contributed by atoms with Crippen molar-refractivity contribution in [1.29, 1.82) is 0 Å². The maximum atomic E-state index is 13.5. The molecule has 24 nitrogen and oxygen atoms in total. The molecule has 0 aliphatic rings. The van der Waals surface area contributed by atoms with E-state index in [1.807, 2.05) is 0 Å². The fraction of sp³-hybridized carbons (Fsp3) is 0.0476. The number of nitrogens with zero attached hydrogens (tertiary/aromatic N) is 4. The van der Waals surface area contributed by atoms with E-state index in [9.17, 15) is 56.3 Å². The molecule has 0 atom stereocenters. The number of fused-ring (bicyclic) bond motifs is 2. The van der Waals surface area contributed by atoms with Crippen molar-refractivity contribution in [2.24, 2.45) is 20.5 Å². The standard InChI is InChI=1S/C42H28Cl4N6O18S4.4Na/c1-65-29-16-26(50-52-38-32(74(62,63)64)12-17-9-19(71-69-67-57)13-27(33(17)40(38)54)47-41(55)21-5-3-7-23(43)35(21)45)30(66-2)15-25(29)49-51-37-31(72-70-68-58)11-18-10-20(73(59,60)61)14-28(34(18)39(37)53)48-42(56)22-6-4-8-24(44)36(22)46;;;;/h3-16,53-54,57-58H,1-2H3,(H,47,55)(H,48,56)(H,59,60,61)(H,62,63,64);;;;/q;4*+1/p-4. The number of carbonyl (C=O) groups is 2. The van der Waals surface area contributed by atoms with E-state index in [4.69, 9.17) is 55.9 Å². The van der Waals surface area contributed by atoms with Crippen LogP contribution in [-0.4, -0.2) is 62.2 Å². The van der Waals surface area contributed by atoms with Crippen LogP contribution in [0.3, 0.4) is 0 Å². The Morgan fingerprint density at radius 1 is 0.590 bits per heavy atom. The van der Waals surface area contributed by atoms with E-state index in [2.05, 4.69) is 49.8 Å². The molecule has 78 heavy (non-hydrogen) atoms. The van der Waals surface area contributed by atoms with Crippen LogP contribution >= 0.6 is 70.5 Å². The van der Waals surface area contributed by atoms with Crippen LogP contribution in [0, 0.1) is 0 Å². The summed E-state index contributed by atoms with van der Waals surface area (Å²) in [6.45, 7) is 0. The van der Waals surface area contributed by atoms with Crippen molar-refractivity contribution >= 4 is 158 Å². The number of amides is 2. The van der Waals surface area contributed by atoms with Crippen LogP contribution in [0.5, 0.6) is 23.0 Å². The molecule has 0 heterocycles. The van der Waals surface area contributed by atoms with Crippen molar-refractivity contribution < 1.29 is 203 Å². The van der Waals surface area contributed by atoms with Gasteiger partial charge in [0.05, 0.1) is 95.6 Å². The zero-order valence-electron chi connectivity index (χ0n) is 40.4. The summed E-state index contributed by atoms with van der Waals surface area (Å²) in [6.07, 6.45) is 0. The summed E-state index contributed by atoms with van der Waals surface area (Å²) >= 11 is 25.2. The van der Waals surface area contributed by atoms with Crippen LogP contribution in [-0.2, 0) is 39.0 Å². The Balaban J connectivity index is 0.00000400. The van der Waals surface area contributed by atoms with E-state index in [0.29, 0.717) is 12.0 Å². The number of hydrogen-bond acceptors (Lipinski definition) is 24. The molecule has 2 amide bonds. The largest absolute Gasteiger partial charge is 1.00 e. The van der Waals surface area contributed by atoms with Gasteiger partial charge in [-0.3, -0.25) is 19.7 Å². The van der Waals surface area contributed by atoms with Gasteiger partial charge >= 0.3 is 118 Å². The molecule has 0 saturated carbocycles. The molecule has 0 spiro atoms. The summed E-state index contributed by atoms with van der Waals surface area (Å²) in [4.78, 5) is 24.7. The molecule has 0 radical (unpaired) electrons. The zero-order chi connectivity index (χ0) is 53.8. The molecule has 7 aromatic carbocycles. The van der Waals surface area contributed by atoms with E-state index in [1.165, 1.54) is 55.6 Å². The molecule has 0 aliphatic carbocycles. The number of phenols is 2. The molecular formula is C42H24Cl4N6Na4O18S4.